The highest BCUT2D eigenvalue weighted by molar-refractivity contribution is 7.88. The minimum Gasteiger partial charge on any atom is -0.298 e. The number of amides is 1. The van der Waals surface area contributed by atoms with E-state index in [2.05, 4.69) is 26.8 Å². The molecule has 2 heterocycles. The normalized spacial score (nSPS) is 17.9. The van der Waals surface area contributed by atoms with Crippen LogP contribution in [-0.4, -0.2) is 50.1 Å². The summed E-state index contributed by atoms with van der Waals surface area (Å²) in [4.78, 5) is 19.4. The van der Waals surface area contributed by atoms with Gasteiger partial charge in [-0.25, -0.2) is 18.1 Å². The van der Waals surface area contributed by atoms with Crippen LogP contribution in [-0.2, 0) is 23.0 Å². The Hall–Kier alpha value is -1.81. The minimum atomic E-state index is -3.18. The molecular weight excluding hydrogens is 408 g/mol. The van der Waals surface area contributed by atoms with Crippen LogP contribution in [0.3, 0.4) is 0 Å². The number of carbonyl (C=O) groups excluding carboxylic acids is 1. The minimum absolute atomic E-state index is 0.196. The van der Waals surface area contributed by atoms with Crippen molar-refractivity contribution in [2.75, 3.05) is 31.2 Å². The van der Waals surface area contributed by atoms with Crippen LogP contribution in [0.15, 0.2) is 29.6 Å². The Morgan fingerprint density at radius 1 is 1.31 bits per heavy atom. The second-order valence-electron chi connectivity index (χ2n) is 7.69. The first kappa shape index (κ1) is 21.9. The van der Waals surface area contributed by atoms with Crippen molar-refractivity contribution in [3.8, 4) is 0 Å². The zero-order valence-corrected chi connectivity index (χ0v) is 18.5. The molecule has 1 aliphatic heterocycles. The number of nitrogens with one attached hydrogen (secondary N) is 2. The Labute approximate surface area is 176 Å². The van der Waals surface area contributed by atoms with Gasteiger partial charge in [0.15, 0.2) is 5.13 Å². The summed E-state index contributed by atoms with van der Waals surface area (Å²) in [5.74, 6) is 0.532. The van der Waals surface area contributed by atoms with E-state index >= 15 is 0 Å². The Morgan fingerprint density at radius 3 is 2.76 bits per heavy atom. The van der Waals surface area contributed by atoms with E-state index in [0.717, 1.165) is 43.1 Å². The van der Waals surface area contributed by atoms with Crippen molar-refractivity contribution < 1.29 is 13.2 Å². The number of thiazole rings is 1. The van der Waals surface area contributed by atoms with E-state index in [-0.39, 0.29) is 5.91 Å². The van der Waals surface area contributed by atoms with Gasteiger partial charge in [-0.05, 0) is 49.4 Å². The van der Waals surface area contributed by atoms with Crippen LogP contribution < -0.4 is 10.0 Å². The van der Waals surface area contributed by atoms with Crippen LogP contribution in [0.1, 0.15) is 41.4 Å². The van der Waals surface area contributed by atoms with Gasteiger partial charge in [-0.2, -0.15) is 0 Å². The van der Waals surface area contributed by atoms with Gasteiger partial charge in [0.05, 0.1) is 11.9 Å². The number of aromatic nitrogens is 1. The van der Waals surface area contributed by atoms with Crippen molar-refractivity contribution in [2.45, 2.75) is 32.7 Å². The number of rotatable bonds is 8. The number of anilines is 1. The summed E-state index contributed by atoms with van der Waals surface area (Å²) in [5.41, 5.74) is 2.50. The van der Waals surface area contributed by atoms with Crippen molar-refractivity contribution in [2.24, 2.45) is 5.92 Å². The molecule has 1 amide bonds. The third-order valence-corrected chi connectivity index (χ3v) is 6.43. The fourth-order valence-electron chi connectivity index (χ4n) is 3.47. The van der Waals surface area contributed by atoms with Crippen LogP contribution in [0.4, 0.5) is 5.13 Å². The maximum atomic E-state index is 12.5. The molecule has 158 valence electrons. The molecule has 3 rings (SSSR count). The molecule has 1 saturated heterocycles. The number of hydrogen-bond donors (Lipinski definition) is 2. The fraction of sp³-hybridized carbons (Fsp3) is 0.500. The third kappa shape index (κ3) is 7.18. The molecule has 9 heteroatoms. The van der Waals surface area contributed by atoms with Gasteiger partial charge in [0, 0.05) is 30.6 Å². The number of sulfonamides is 1. The zero-order valence-electron chi connectivity index (χ0n) is 16.8. The first-order valence-corrected chi connectivity index (χ1v) is 12.6. The molecule has 1 aromatic heterocycles. The monoisotopic (exact) mass is 436 g/mol. The summed E-state index contributed by atoms with van der Waals surface area (Å²) >= 11 is 1.44. The van der Waals surface area contributed by atoms with Gasteiger partial charge in [-0.15, -0.1) is 11.3 Å². The quantitative estimate of drug-likeness (QED) is 0.664. The van der Waals surface area contributed by atoms with E-state index in [9.17, 15) is 13.2 Å². The summed E-state index contributed by atoms with van der Waals surface area (Å²) in [6.07, 6.45) is 4.23. The maximum Gasteiger partial charge on any atom is 0.257 e. The fourth-order valence-corrected chi connectivity index (χ4v) is 4.64. The Balaban J connectivity index is 1.50. The molecule has 0 saturated carbocycles. The van der Waals surface area contributed by atoms with Gasteiger partial charge in [-0.1, -0.05) is 19.1 Å². The van der Waals surface area contributed by atoms with Gasteiger partial charge in [0.2, 0.25) is 10.0 Å². The predicted octanol–water partition coefficient (Wildman–Crippen LogP) is 2.72. The zero-order chi connectivity index (χ0) is 20.9. The maximum absolute atomic E-state index is 12.5. The lowest BCUT2D eigenvalue weighted by Gasteiger charge is -2.30. The number of hydrogen-bond acceptors (Lipinski definition) is 6. The van der Waals surface area contributed by atoms with Crippen LogP contribution in [0.25, 0.3) is 0 Å². The average molecular weight is 437 g/mol. The number of benzene rings is 1. The smallest absolute Gasteiger partial charge is 0.257 e. The molecule has 1 atom stereocenters. The Morgan fingerprint density at radius 2 is 2.07 bits per heavy atom. The van der Waals surface area contributed by atoms with Crippen molar-refractivity contribution >= 4 is 32.4 Å². The highest BCUT2D eigenvalue weighted by atomic mass is 32.2. The molecule has 1 aromatic carbocycles. The number of nitrogens with zero attached hydrogens (tertiary/aromatic N) is 2. The van der Waals surface area contributed by atoms with E-state index in [4.69, 9.17) is 0 Å². The Kier molecular flexibility index (Phi) is 7.39. The second-order valence-corrected chi connectivity index (χ2v) is 10.4. The van der Waals surface area contributed by atoms with E-state index in [1.54, 1.807) is 12.1 Å². The van der Waals surface area contributed by atoms with E-state index < -0.39 is 10.0 Å². The van der Waals surface area contributed by atoms with Gasteiger partial charge in [0.1, 0.15) is 0 Å². The van der Waals surface area contributed by atoms with E-state index in [1.165, 1.54) is 24.2 Å². The predicted molar refractivity (Wildman–Crippen MR) is 117 cm³/mol. The molecule has 1 fully saturated rings. The number of carbonyl (C=O) groups is 1. The summed E-state index contributed by atoms with van der Waals surface area (Å²) in [5, 5.41) is 5.48. The first-order chi connectivity index (χ1) is 13.8. The van der Waals surface area contributed by atoms with Crippen LogP contribution in [0, 0.1) is 5.92 Å². The van der Waals surface area contributed by atoms with Gasteiger partial charge >= 0.3 is 0 Å². The molecule has 2 N–H and O–H groups in total. The molecule has 7 nitrogen and oxygen atoms in total. The molecule has 0 bridgehead atoms. The Bertz CT molecular complexity index is 925. The molecule has 29 heavy (non-hydrogen) atoms. The molecular formula is C20H28N4O3S2. The molecule has 2 aromatic rings. The molecule has 1 aliphatic rings. The second kappa shape index (κ2) is 9.80. The number of piperidine rings is 1. The van der Waals surface area contributed by atoms with Crippen molar-refractivity contribution in [3.05, 3.63) is 46.5 Å². The summed E-state index contributed by atoms with van der Waals surface area (Å²) in [6, 6.07) is 7.16. The van der Waals surface area contributed by atoms with Gasteiger partial charge in [-0.3, -0.25) is 15.0 Å². The summed E-state index contributed by atoms with van der Waals surface area (Å²) in [6.45, 7) is 5.65. The van der Waals surface area contributed by atoms with Crippen molar-refractivity contribution in [1.82, 2.24) is 14.6 Å². The first-order valence-electron chi connectivity index (χ1n) is 9.80. The van der Waals surface area contributed by atoms with Crippen LogP contribution in [0.5, 0.6) is 0 Å². The summed E-state index contributed by atoms with van der Waals surface area (Å²) in [7, 11) is -3.18. The number of likely N-dealkylation sites (tertiary alicyclic amines) is 1. The molecule has 0 unspecified atom stereocenters. The summed E-state index contributed by atoms with van der Waals surface area (Å²) < 4.78 is 24.6. The van der Waals surface area contributed by atoms with Gasteiger partial charge < -0.3 is 0 Å². The average Bonchev–Trinajstić information content (AvgIpc) is 3.08. The van der Waals surface area contributed by atoms with Crippen LogP contribution in [0.2, 0.25) is 0 Å². The van der Waals surface area contributed by atoms with Crippen LogP contribution >= 0.6 is 11.3 Å². The highest BCUT2D eigenvalue weighted by Crippen LogP contribution is 2.21. The standard InChI is InChI=1S/C20H28N4O3S2/c1-15-4-3-11-24(12-15)13-18-14-28-20(22-18)23-19(25)17-7-5-16(6-8-17)9-10-21-29(2,26)27/h5-8,14-15,21H,3-4,9-13H2,1-2H3,(H,22,23,25)/t15-/m1/s1. The van der Waals surface area contributed by atoms with Gasteiger partial charge in [0.25, 0.3) is 5.91 Å². The molecule has 0 radical (unpaired) electrons. The topological polar surface area (TPSA) is 91.4 Å². The lowest BCUT2D eigenvalue weighted by molar-refractivity contribution is 0.102. The molecule has 0 aliphatic carbocycles. The SMILES string of the molecule is C[C@@H]1CCCN(Cc2csc(NC(=O)c3ccc(CCNS(C)(=O)=O)cc3)n2)C1. The van der Waals surface area contributed by atoms with E-state index in [0.29, 0.717) is 23.7 Å². The largest absolute Gasteiger partial charge is 0.298 e. The van der Waals surface area contributed by atoms with Crippen molar-refractivity contribution in [3.63, 3.8) is 0 Å². The lowest BCUT2D eigenvalue weighted by Crippen LogP contribution is -2.33. The van der Waals surface area contributed by atoms with E-state index in [1.807, 2.05) is 17.5 Å². The highest BCUT2D eigenvalue weighted by Gasteiger charge is 2.17. The molecule has 0 spiro atoms. The third-order valence-electron chi connectivity index (χ3n) is 4.89. The van der Waals surface area contributed by atoms with Crippen molar-refractivity contribution in [1.29, 1.82) is 0 Å². The lowest BCUT2D eigenvalue weighted by atomic mass is 10.0.